The maximum Gasteiger partial charge on any atom is 0.416 e. The zero-order chi connectivity index (χ0) is 26.6. The van der Waals surface area contributed by atoms with Crippen molar-refractivity contribution in [3.63, 3.8) is 0 Å². The molecule has 3 amide bonds. The molecule has 4 rings (SSSR count). The SMILES string of the molecule is O=C(Nc1ccc(C(F)(F)F)cc1)Nc1ccc(S(=O)(=O)N2CCCC2C(=O)Nc2ccccc2)cc1. The standard InChI is InChI=1S/C25H23F3N4O4S/c26-25(27,28)17-8-10-19(11-9-17)30-24(34)31-20-12-14-21(15-13-20)37(35,36)32-16-4-7-22(32)23(33)29-18-5-2-1-3-6-18/h1-3,5-6,8-15,22H,4,7,16H2,(H,29,33)(H2,30,31,34). The van der Waals surface area contributed by atoms with E-state index >= 15 is 0 Å². The lowest BCUT2D eigenvalue weighted by molar-refractivity contribution is -0.137. The van der Waals surface area contributed by atoms with Gasteiger partial charge in [-0.05, 0) is 73.5 Å². The van der Waals surface area contributed by atoms with Crippen molar-refractivity contribution in [1.82, 2.24) is 4.31 Å². The van der Waals surface area contributed by atoms with E-state index in [-0.39, 0.29) is 22.8 Å². The van der Waals surface area contributed by atoms with E-state index in [4.69, 9.17) is 0 Å². The van der Waals surface area contributed by atoms with Gasteiger partial charge in [0.05, 0.1) is 10.5 Å². The molecule has 0 bridgehead atoms. The van der Waals surface area contributed by atoms with E-state index in [9.17, 15) is 31.2 Å². The number of benzene rings is 3. The molecule has 12 heteroatoms. The number of para-hydroxylation sites is 1. The first-order valence-corrected chi connectivity index (χ1v) is 12.7. The molecule has 1 unspecified atom stereocenters. The first kappa shape index (κ1) is 26.2. The molecule has 194 valence electrons. The number of carbonyl (C=O) groups is 2. The molecular formula is C25H23F3N4O4S. The van der Waals surface area contributed by atoms with Gasteiger partial charge >= 0.3 is 12.2 Å². The van der Waals surface area contributed by atoms with Gasteiger partial charge in [0.25, 0.3) is 0 Å². The van der Waals surface area contributed by atoms with Crippen molar-refractivity contribution in [2.75, 3.05) is 22.5 Å². The van der Waals surface area contributed by atoms with E-state index in [1.54, 1.807) is 30.3 Å². The molecule has 3 aromatic carbocycles. The molecule has 0 aromatic heterocycles. The first-order chi connectivity index (χ1) is 17.5. The zero-order valence-electron chi connectivity index (χ0n) is 19.3. The second-order valence-corrected chi connectivity index (χ2v) is 10.2. The molecule has 0 saturated carbocycles. The molecule has 8 nitrogen and oxygen atoms in total. The normalized spacial score (nSPS) is 16.2. The third-order valence-electron chi connectivity index (χ3n) is 5.74. The van der Waals surface area contributed by atoms with Gasteiger partial charge in [-0.3, -0.25) is 4.79 Å². The number of amides is 3. The lowest BCUT2D eigenvalue weighted by atomic mass is 10.2. The summed E-state index contributed by atoms with van der Waals surface area (Å²) in [5.41, 5.74) is 0.150. The average molecular weight is 533 g/mol. The van der Waals surface area contributed by atoms with Crippen molar-refractivity contribution in [3.8, 4) is 0 Å². The average Bonchev–Trinajstić information content (AvgIpc) is 3.36. The highest BCUT2D eigenvalue weighted by atomic mass is 32.2. The third kappa shape index (κ3) is 6.27. The summed E-state index contributed by atoms with van der Waals surface area (Å²) in [6.07, 6.45) is -3.55. The van der Waals surface area contributed by atoms with Crippen LogP contribution in [0.4, 0.5) is 35.0 Å². The molecule has 1 aliphatic heterocycles. The van der Waals surface area contributed by atoms with Crippen LogP contribution in [0.1, 0.15) is 18.4 Å². The Bertz CT molecular complexity index is 1360. The Labute approximate surface area is 211 Å². The predicted molar refractivity (Wildman–Crippen MR) is 133 cm³/mol. The molecule has 0 radical (unpaired) electrons. The van der Waals surface area contributed by atoms with Gasteiger partial charge in [-0.15, -0.1) is 0 Å². The molecule has 1 atom stereocenters. The first-order valence-electron chi connectivity index (χ1n) is 11.3. The summed E-state index contributed by atoms with van der Waals surface area (Å²) in [4.78, 5) is 24.9. The predicted octanol–water partition coefficient (Wildman–Crippen LogP) is 5.14. The summed E-state index contributed by atoms with van der Waals surface area (Å²) in [6, 6.07) is 16.5. The van der Waals surface area contributed by atoms with E-state index < -0.39 is 39.7 Å². The third-order valence-corrected chi connectivity index (χ3v) is 7.66. The molecule has 3 N–H and O–H groups in total. The van der Waals surface area contributed by atoms with Gasteiger partial charge in [0.15, 0.2) is 0 Å². The summed E-state index contributed by atoms with van der Waals surface area (Å²) >= 11 is 0. The lowest BCUT2D eigenvalue weighted by Crippen LogP contribution is -2.43. The van der Waals surface area contributed by atoms with Gasteiger partial charge in [-0.1, -0.05) is 18.2 Å². The Morgan fingerprint density at radius 3 is 1.89 bits per heavy atom. The van der Waals surface area contributed by atoms with Gasteiger partial charge in [0, 0.05) is 23.6 Å². The van der Waals surface area contributed by atoms with E-state index in [2.05, 4.69) is 16.0 Å². The Balaban J connectivity index is 1.39. The Hall–Kier alpha value is -3.90. The molecule has 0 aliphatic carbocycles. The van der Waals surface area contributed by atoms with Gasteiger partial charge < -0.3 is 16.0 Å². The van der Waals surface area contributed by atoms with Crippen molar-refractivity contribution in [2.45, 2.75) is 30.0 Å². The summed E-state index contributed by atoms with van der Waals surface area (Å²) in [5.74, 6) is -0.412. The maximum absolute atomic E-state index is 13.2. The van der Waals surface area contributed by atoms with Gasteiger partial charge in [0.1, 0.15) is 6.04 Å². The summed E-state index contributed by atoms with van der Waals surface area (Å²) in [7, 11) is -3.98. The summed E-state index contributed by atoms with van der Waals surface area (Å²) in [5, 5.41) is 7.64. The number of halogens is 3. The van der Waals surface area contributed by atoms with Crippen LogP contribution in [0, 0.1) is 0 Å². The molecule has 1 saturated heterocycles. The number of carbonyl (C=O) groups excluding carboxylic acids is 2. The monoisotopic (exact) mass is 532 g/mol. The van der Waals surface area contributed by atoms with Crippen molar-refractivity contribution in [3.05, 3.63) is 84.4 Å². The van der Waals surface area contributed by atoms with Gasteiger partial charge in [-0.2, -0.15) is 17.5 Å². The Morgan fingerprint density at radius 1 is 0.784 bits per heavy atom. The number of hydrogen-bond acceptors (Lipinski definition) is 4. The van der Waals surface area contributed by atoms with E-state index in [0.29, 0.717) is 18.5 Å². The van der Waals surface area contributed by atoms with Gasteiger partial charge in [-0.25, -0.2) is 13.2 Å². The molecule has 1 aliphatic rings. The highest BCUT2D eigenvalue weighted by Gasteiger charge is 2.39. The molecule has 3 aromatic rings. The minimum absolute atomic E-state index is 0.0411. The smallest absolute Gasteiger partial charge is 0.325 e. The van der Waals surface area contributed by atoms with Gasteiger partial charge in [0.2, 0.25) is 15.9 Å². The van der Waals surface area contributed by atoms with Crippen molar-refractivity contribution in [1.29, 1.82) is 0 Å². The van der Waals surface area contributed by atoms with Crippen LogP contribution in [0.2, 0.25) is 0 Å². The van der Waals surface area contributed by atoms with Crippen LogP contribution in [0.3, 0.4) is 0 Å². The van der Waals surface area contributed by atoms with Crippen molar-refractivity contribution >= 4 is 39.0 Å². The molecule has 37 heavy (non-hydrogen) atoms. The van der Waals surface area contributed by atoms with Crippen LogP contribution in [0.15, 0.2) is 83.8 Å². The van der Waals surface area contributed by atoms with E-state index in [0.717, 1.165) is 24.3 Å². The minimum Gasteiger partial charge on any atom is -0.325 e. The number of nitrogens with zero attached hydrogens (tertiary/aromatic N) is 1. The van der Waals surface area contributed by atoms with Crippen LogP contribution in [-0.2, 0) is 21.0 Å². The van der Waals surface area contributed by atoms with Crippen LogP contribution < -0.4 is 16.0 Å². The second kappa shape index (κ2) is 10.6. The fraction of sp³-hybridized carbons (Fsp3) is 0.200. The van der Waals surface area contributed by atoms with Crippen LogP contribution >= 0.6 is 0 Å². The van der Waals surface area contributed by atoms with Crippen molar-refractivity contribution < 1.29 is 31.2 Å². The summed E-state index contributed by atoms with van der Waals surface area (Å²) < 4.78 is 65.7. The van der Waals surface area contributed by atoms with Crippen molar-refractivity contribution in [2.24, 2.45) is 0 Å². The lowest BCUT2D eigenvalue weighted by Gasteiger charge is -2.23. The molecule has 1 heterocycles. The number of rotatable bonds is 6. The second-order valence-electron chi connectivity index (χ2n) is 8.31. The highest BCUT2D eigenvalue weighted by Crippen LogP contribution is 2.30. The van der Waals surface area contributed by atoms with E-state index in [1.807, 2.05) is 0 Å². The van der Waals surface area contributed by atoms with Crippen LogP contribution in [0.25, 0.3) is 0 Å². The van der Waals surface area contributed by atoms with Crippen LogP contribution in [0.5, 0.6) is 0 Å². The topological polar surface area (TPSA) is 108 Å². The number of urea groups is 1. The Kier molecular flexibility index (Phi) is 7.50. The van der Waals surface area contributed by atoms with Crippen LogP contribution in [-0.4, -0.2) is 37.2 Å². The number of hydrogen-bond donors (Lipinski definition) is 3. The molecule has 0 spiro atoms. The number of anilines is 3. The molecular weight excluding hydrogens is 509 g/mol. The zero-order valence-corrected chi connectivity index (χ0v) is 20.1. The Morgan fingerprint density at radius 2 is 1.32 bits per heavy atom. The quantitative estimate of drug-likeness (QED) is 0.409. The minimum atomic E-state index is -4.48. The number of sulfonamides is 1. The highest BCUT2D eigenvalue weighted by molar-refractivity contribution is 7.89. The summed E-state index contributed by atoms with van der Waals surface area (Å²) in [6.45, 7) is 0.199. The number of nitrogens with one attached hydrogen (secondary N) is 3. The fourth-order valence-corrected chi connectivity index (χ4v) is 5.57. The largest absolute Gasteiger partial charge is 0.416 e. The molecule has 1 fully saturated rings. The fourth-order valence-electron chi connectivity index (χ4n) is 3.92. The maximum atomic E-state index is 13.2. The number of alkyl halides is 3. The van der Waals surface area contributed by atoms with E-state index in [1.165, 1.54) is 28.6 Å².